The monoisotopic (exact) mass is 332 g/mol. The lowest BCUT2D eigenvalue weighted by molar-refractivity contribution is -0.120. The third-order valence-electron chi connectivity index (χ3n) is 4.53. The molecule has 0 aromatic heterocycles. The molecular formula is C18H24N2O2S. The van der Waals surface area contributed by atoms with Crippen molar-refractivity contribution in [2.24, 2.45) is 0 Å². The topological polar surface area (TPSA) is 49.4 Å². The highest BCUT2D eigenvalue weighted by Gasteiger charge is 2.21. The highest BCUT2D eigenvalue weighted by Crippen LogP contribution is 2.24. The molecule has 1 aromatic rings. The molecule has 2 saturated heterocycles. The van der Waals surface area contributed by atoms with Gasteiger partial charge in [0, 0.05) is 31.0 Å². The SMILES string of the molecule is O=C1NCCCC[C@H]1SCc1ccc(C(=O)N2CCCC2)cc1. The van der Waals surface area contributed by atoms with E-state index < -0.39 is 0 Å². The Morgan fingerprint density at radius 3 is 2.61 bits per heavy atom. The van der Waals surface area contributed by atoms with Crippen LogP contribution < -0.4 is 5.32 Å². The minimum atomic E-state index is 0.0587. The Hall–Kier alpha value is -1.49. The number of thioether (sulfide) groups is 1. The molecule has 1 atom stereocenters. The van der Waals surface area contributed by atoms with E-state index in [0.29, 0.717) is 0 Å². The van der Waals surface area contributed by atoms with Crippen molar-refractivity contribution in [3.05, 3.63) is 35.4 Å². The third kappa shape index (κ3) is 4.28. The van der Waals surface area contributed by atoms with Crippen molar-refractivity contribution in [1.29, 1.82) is 0 Å². The van der Waals surface area contributed by atoms with Gasteiger partial charge in [-0.2, -0.15) is 0 Å². The molecule has 0 radical (unpaired) electrons. The number of rotatable bonds is 4. The normalized spacial score (nSPS) is 21.8. The zero-order valence-corrected chi connectivity index (χ0v) is 14.2. The third-order valence-corrected chi connectivity index (χ3v) is 5.88. The van der Waals surface area contributed by atoms with Gasteiger partial charge in [-0.05, 0) is 43.4 Å². The summed E-state index contributed by atoms with van der Waals surface area (Å²) in [5.74, 6) is 1.13. The molecule has 2 aliphatic heterocycles. The number of benzene rings is 1. The molecule has 0 unspecified atom stereocenters. The van der Waals surface area contributed by atoms with Crippen molar-refractivity contribution in [3.63, 3.8) is 0 Å². The Balaban J connectivity index is 1.54. The zero-order chi connectivity index (χ0) is 16.1. The average molecular weight is 332 g/mol. The number of carbonyl (C=O) groups is 2. The van der Waals surface area contributed by atoms with Crippen LogP contribution in [0.5, 0.6) is 0 Å². The van der Waals surface area contributed by atoms with E-state index in [-0.39, 0.29) is 17.1 Å². The van der Waals surface area contributed by atoms with Gasteiger partial charge in [0.2, 0.25) is 5.91 Å². The van der Waals surface area contributed by atoms with Gasteiger partial charge in [0.25, 0.3) is 5.91 Å². The Bertz CT molecular complexity index is 553. The Kier molecular flexibility index (Phi) is 5.60. The number of carbonyl (C=O) groups excluding carboxylic acids is 2. The smallest absolute Gasteiger partial charge is 0.253 e. The molecule has 3 rings (SSSR count). The van der Waals surface area contributed by atoms with E-state index in [1.165, 1.54) is 5.56 Å². The second-order valence-electron chi connectivity index (χ2n) is 6.28. The van der Waals surface area contributed by atoms with Crippen LogP contribution >= 0.6 is 11.8 Å². The summed E-state index contributed by atoms with van der Waals surface area (Å²) in [7, 11) is 0. The molecule has 2 amide bonds. The summed E-state index contributed by atoms with van der Waals surface area (Å²) in [5.41, 5.74) is 1.94. The van der Waals surface area contributed by atoms with Crippen LogP contribution in [-0.4, -0.2) is 41.6 Å². The molecular weight excluding hydrogens is 308 g/mol. The van der Waals surface area contributed by atoms with Crippen LogP contribution in [0.25, 0.3) is 0 Å². The van der Waals surface area contributed by atoms with Crippen LogP contribution in [-0.2, 0) is 10.5 Å². The van der Waals surface area contributed by atoms with Crippen molar-refractivity contribution >= 4 is 23.6 Å². The lowest BCUT2D eigenvalue weighted by Gasteiger charge is -2.15. The minimum absolute atomic E-state index is 0.0587. The van der Waals surface area contributed by atoms with Gasteiger partial charge in [-0.1, -0.05) is 18.6 Å². The van der Waals surface area contributed by atoms with E-state index in [0.717, 1.165) is 63.1 Å². The van der Waals surface area contributed by atoms with E-state index in [2.05, 4.69) is 5.32 Å². The van der Waals surface area contributed by atoms with Crippen LogP contribution in [0, 0.1) is 0 Å². The molecule has 1 N–H and O–H groups in total. The van der Waals surface area contributed by atoms with Crippen LogP contribution in [0.1, 0.15) is 48.0 Å². The highest BCUT2D eigenvalue weighted by atomic mass is 32.2. The molecule has 2 fully saturated rings. The van der Waals surface area contributed by atoms with Gasteiger partial charge >= 0.3 is 0 Å². The van der Waals surface area contributed by atoms with Crippen molar-refractivity contribution in [1.82, 2.24) is 10.2 Å². The van der Waals surface area contributed by atoms with Gasteiger partial charge in [-0.3, -0.25) is 9.59 Å². The molecule has 0 saturated carbocycles. The summed E-state index contributed by atoms with van der Waals surface area (Å²) in [6.45, 7) is 2.57. The summed E-state index contributed by atoms with van der Waals surface area (Å²) < 4.78 is 0. The van der Waals surface area contributed by atoms with Gasteiger partial charge in [0.1, 0.15) is 0 Å². The largest absolute Gasteiger partial charge is 0.355 e. The van der Waals surface area contributed by atoms with Gasteiger partial charge in [0.05, 0.1) is 5.25 Å². The number of hydrogen-bond donors (Lipinski definition) is 1. The van der Waals surface area contributed by atoms with E-state index in [1.54, 1.807) is 11.8 Å². The first-order valence-corrected chi connectivity index (χ1v) is 9.56. The quantitative estimate of drug-likeness (QED) is 0.922. The summed E-state index contributed by atoms with van der Waals surface area (Å²) in [4.78, 5) is 26.2. The molecule has 0 spiro atoms. The first kappa shape index (κ1) is 16.4. The molecule has 5 heteroatoms. The van der Waals surface area contributed by atoms with Crippen molar-refractivity contribution < 1.29 is 9.59 Å². The molecule has 0 bridgehead atoms. The van der Waals surface area contributed by atoms with Crippen LogP contribution in [0.3, 0.4) is 0 Å². The van der Waals surface area contributed by atoms with Gasteiger partial charge in [-0.25, -0.2) is 0 Å². The lowest BCUT2D eigenvalue weighted by Crippen LogP contribution is -2.30. The van der Waals surface area contributed by atoms with Crippen LogP contribution in [0.15, 0.2) is 24.3 Å². The predicted octanol–water partition coefficient (Wildman–Crippen LogP) is 2.82. The number of likely N-dealkylation sites (tertiary alicyclic amines) is 1. The second-order valence-corrected chi connectivity index (χ2v) is 7.47. The van der Waals surface area contributed by atoms with Crippen molar-refractivity contribution in [2.75, 3.05) is 19.6 Å². The van der Waals surface area contributed by atoms with Crippen molar-refractivity contribution in [3.8, 4) is 0 Å². The summed E-state index contributed by atoms with van der Waals surface area (Å²) >= 11 is 1.70. The Labute approximate surface area is 142 Å². The minimum Gasteiger partial charge on any atom is -0.355 e. The number of hydrogen-bond acceptors (Lipinski definition) is 3. The predicted molar refractivity (Wildman–Crippen MR) is 93.5 cm³/mol. The first-order valence-electron chi connectivity index (χ1n) is 8.51. The number of nitrogens with zero attached hydrogens (tertiary/aromatic N) is 1. The second kappa shape index (κ2) is 7.86. The van der Waals surface area contributed by atoms with E-state index in [4.69, 9.17) is 0 Å². The van der Waals surface area contributed by atoms with Crippen LogP contribution in [0.2, 0.25) is 0 Å². The van der Waals surface area contributed by atoms with Gasteiger partial charge in [-0.15, -0.1) is 11.8 Å². The average Bonchev–Trinajstić information content (AvgIpc) is 3.04. The lowest BCUT2D eigenvalue weighted by atomic mass is 10.1. The fourth-order valence-corrected chi connectivity index (χ4v) is 4.27. The maximum atomic E-state index is 12.3. The van der Waals surface area contributed by atoms with E-state index >= 15 is 0 Å². The molecule has 2 aliphatic rings. The molecule has 1 aromatic carbocycles. The van der Waals surface area contributed by atoms with E-state index in [1.807, 2.05) is 29.2 Å². The maximum Gasteiger partial charge on any atom is 0.253 e. The molecule has 2 heterocycles. The van der Waals surface area contributed by atoms with Gasteiger partial charge in [0.15, 0.2) is 0 Å². The first-order chi connectivity index (χ1) is 11.2. The Morgan fingerprint density at radius 1 is 1.13 bits per heavy atom. The van der Waals surface area contributed by atoms with Crippen molar-refractivity contribution in [2.45, 2.75) is 43.1 Å². The van der Waals surface area contributed by atoms with E-state index in [9.17, 15) is 9.59 Å². The fraction of sp³-hybridized carbons (Fsp3) is 0.556. The van der Waals surface area contributed by atoms with Gasteiger partial charge < -0.3 is 10.2 Å². The summed E-state index contributed by atoms with van der Waals surface area (Å²) in [6, 6.07) is 7.88. The Morgan fingerprint density at radius 2 is 1.87 bits per heavy atom. The molecule has 23 heavy (non-hydrogen) atoms. The molecule has 0 aliphatic carbocycles. The fourth-order valence-electron chi connectivity index (χ4n) is 3.11. The number of nitrogens with one attached hydrogen (secondary N) is 1. The summed E-state index contributed by atoms with van der Waals surface area (Å²) in [6.07, 6.45) is 5.38. The standard InChI is InChI=1S/C18H24N2O2S/c21-17-16(5-1-2-10-19-17)23-13-14-6-8-15(9-7-14)18(22)20-11-3-4-12-20/h6-9,16H,1-5,10-13H2,(H,19,21)/t16-/m1/s1. The highest BCUT2D eigenvalue weighted by molar-refractivity contribution is 7.99. The summed E-state index contributed by atoms with van der Waals surface area (Å²) in [5, 5.41) is 3.03. The number of amides is 2. The van der Waals surface area contributed by atoms with Crippen LogP contribution in [0.4, 0.5) is 0 Å². The molecule has 4 nitrogen and oxygen atoms in total. The maximum absolute atomic E-state index is 12.3. The molecule has 124 valence electrons. The zero-order valence-electron chi connectivity index (χ0n) is 13.4.